The van der Waals surface area contributed by atoms with Gasteiger partial charge in [-0.2, -0.15) is 0 Å². The van der Waals surface area contributed by atoms with Gasteiger partial charge in [-0.05, 0) is 20.4 Å². The highest BCUT2D eigenvalue weighted by atomic mass is 16.5. The molecule has 0 spiro atoms. The second-order valence-electron chi connectivity index (χ2n) is 2.86. The zero-order valence-electron chi connectivity index (χ0n) is 8.29. The van der Waals surface area contributed by atoms with Crippen LogP contribution in [0.25, 0.3) is 0 Å². The van der Waals surface area contributed by atoms with Crippen molar-refractivity contribution in [1.82, 2.24) is 5.16 Å². The molecule has 4 nitrogen and oxygen atoms in total. The Morgan fingerprint density at radius 1 is 1.46 bits per heavy atom. The van der Waals surface area contributed by atoms with Crippen LogP contribution in [0.2, 0.25) is 0 Å². The molecule has 0 unspecified atom stereocenters. The van der Waals surface area contributed by atoms with Gasteiger partial charge in [0.1, 0.15) is 5.76 Å². The molecule has 0 atom stereocenters. The van der Waals surface area contributed by atoms with Crippen molar-refractivity contribution >= 4 is 5.82 Å². The van der Waals surface area contributed by atoms with E-state index in [-0.39, 0.29) is 0 Å². The highest BCUT2D eigenvalue weighted by Crippen LogP contribution is 2.13. The van der Waals surface area contributed by atoms with Crippen LogP contribution in [-0.2, 0) is 6.42 Å². The highest BCUT2D eigenvalue weighted by Gasteiger charge is 2.07. The lowest BCUT2D eigenvalue weighted by atomic mass is 10.3. The van der Waals surface area contributed by atoms with E-state index in [1.165, 1.54) is 0 Å². The molecule has 13 heavy (non-hydrogen) atoms. The summed E-state index contributed by atoms with van der Waals surface area (Å²) in [5.41, 5.74) is 5.41. The monoisotopic (exact) mass is 183 g/mol. The van der Waals surface area contributed by atoms with E-state index in [0.29, 0.717) is 6.54 Å². The van der Waals surface area contributed by atoms with Crippen LogP contribution in [0.4, 0.5) is 5.82 Å². The standard InChI is InChI=1S/C9H17N3O/c1-3-12(4-2)9-7-8(5-6-10)13-11-9/h7H,3-6,10H2,1-2H3. The molecule has 2 N–H and O–H groups in total. The van der Waals surface area contributed by atoms with Crippen molar-refractivity contribution in [2.45, 2.75) is 20.3 Å². The summed E-state index contributed by atoms with van der Waals surface area (Å²) in [6.07, 6.45) is 0.758. The first-order chi connectivity index (χ1) is 6.31. The molecule has 1 aromatic rings. The summed E-state index contributed by atoms with van der Waals surface area (Å²) in [5, 5.41) is 3.97. The van der Waals surface area contributed by atoms with Gasteiger partial charge in [0, 0.05) is 25.6 Å². The molecule has 1 rings (SSSR count). The summed E-state index contributed by atoms with van der Waals surface area (Å²) in [6, 6.07) is 1.96. The quantitative estimate of drug-likeness (QED) is 0.740. The number of anilines is 1. The van der Waals surface area contributed by atoms with E-state index in [4.69, 9.17) is 10.3 Å². The zero-order chi connectivity index (χ0) is 9.68. The largest absolute Gasteiger partial charge is 0.359 e. The molecule has 4 heteroatoms. The van der Waals surface area contributed by atoms with Crippen molar-refractivity contribution in [2.75, 3.05) is 24.5 Å². The summed E-state index contributed by atoms with van der Waals surface area (Å²) in [7, 11) is 0. The van der Waals surface area contributed by atoms with Gasteiger partial charge in [-0.1, -0.05) is 5.16 Å². The van der Waals surface area contributed by atoms with Crippen molar-refractivity contribution in [3.63, 3.8) is 0 Å². The predicted molar refractivity (Wildman–Crippen MR) is 52.8 cm³/mol. The van der Waals surface area contributed by atoms with E-state index in [1.54, 1.807) is 0 Å². The molecule has 0 radical (unpaired) electrons. The van der Waals surface area contributed by atoms with Gasteiger partial charge >= 0.3 is 0 Å². The minimum Gasteiger partial charge on any atom is -0.359 e. The molecular formula is C9H17N3O. The van der Waals surface area contributed by atoms with Crippen LogP contribution < -0.4 is 10.6 Å². The number of aromatic nitrogens is 1. The molecule has 0 amide bonds. The molecule has 0 fully saturated rings. The van der Waals surface area contributed by atoms with Crippen molar-refractivity contribution in [3.8, 4) is 0 Å². The highest BCUT2D eigenvalue weighted by molar-refractivity contribution is 5.37. The first kappa shape index (κ1) is 10.1. The summed E-state index contributed by atoms with van der Waals surface area (Å²) >= 11 is 0. The maximum absolute atomic E-state index is 5.41. The topological polar surface area (TPSA) is 55.3 Å². The lowest BCUT2D eigenvalue weighted by Gasteiger charge is -2.15. The van der Waals surface area contributed by atoms with Crippen LogP contribution in [0.1, 0.15) is 19.6 Å². The normalized spacial score (nSPS) is 10.4. The Kier molecular flexibility index (Phi) is 3.76. The molecule has 0 saturated carbocycles. The Bertz CT molecular complexity index is 243. The molecule has 0 aromatic carbocycles. The Hall–Kier alpha value is -1.03. The molecule has 1 heterocycles. The summed E-state index contributed by atoms with van der Waals surface area (Å²) in [4.78, 5) is 2.14. The van der Waals surface area contributed by atoms with Crippen LogP contribution in [0.15, 0.2) is 10.6 Å². The summed E-state index contributed by atoms with van der Waals surface area (Å²) < 4.78 is 5.12. The van der Waals surface area contributed by atoms with Gasteiger partial charge in [0.05, 0.1) is 0 Å². The van der Waals surface area contributed by atoms with E-state index in [0.717, 1.165) is 31.1 Å². The Morgan fingerprint density at radius 3 is 2.69 bits per heavy atom. The molecule has 1 aromatic heterocycles. The third-order valence-corrected chi connectivity index (χ3v) is 2.02. The third-order valence-electron chi connectivity index (χ3n) is 2.02. The molecule has 0 bridgehead atoms. The van der Waals surface area contributed by atoms with Gasteiger partial charge in [-0.25, -0.2) is 0 Å². The molecule has 74 valence electrons. The Morgan fingerprint density at radius 2 is 2.15 bits per heavy atom. The van der Waals surface area contributed by atoms with Crippen LogP contribution in [-0.4, -0.2) is 24.8 Å². The van der Waals surface area contributed by atoms with Crippen molar-refractivity contribution in [1.29, 1.82) is 0 Å². The van der Waals surface area contributed by atoms with Crippen LogP contribution >= 0.6 is 0 Å². The van der Waals surface area contributed by atoms with Crippen molar-refractivity contribution < 1.29 is 4.52 Å². The van der Waals surface area contributed by atoms with Crippen molar-refractivity contribution in [3.05, 3.63) is 11.8 Å². The SMILES string of the molecule is CCN(CC)c1cc(CCN)on1. The average Bonchev–Trinajstić information content (AvgIpc) is 2.56. The lowest BCUT2D eigenvalue weighted by Crippen LogP contribution is -2.21. The number of hydrogen-bond acceptors (Lipinski definition) is 4. The number of rotatable bonds is 5. The van der Waals surface area contributed by atoms with Gasteiger partial charge in [0.15, 0.2) is 5.82 Å². The maximum Gasteiger partial charge on any atom is 0.172 e. The van der Waals surface area contributed by atoms with Crippen LogP contribution in [0.3, 0.4) is 0 Å². The smallest absolute Gasteiger partial charge is 0.172 e. The summed E-state index contributed by atoms with van der Waals surface area (Å²) in [6.45, 7) is 6.70. The van der Waals surface area contributed by atoms with Gasteiger partial charge in [-0.3, -0.25) is 0 Å². The molecular weight excluding hydrogens is 166 g/mol. The molecule has 0 aliphatic rings. The first-order valence-corrected chi connectivity index (χ1v) is 4.72. The fourth-order valence-corrected chi connectivity index (χ4v) is 1.26. The lowest BCUT2D eigenvalue weighted by molar-refractivity contribution is 0.384. The Labute approximate surface area is 78.7 Å². The van der Waals surface area contributed by atoms with Gasteiger partial charge < -0.3 is 15.2 Å². The number of hydrogen-bond donors (Lipinski definition) is 1. The number of nitrogens with two attached hydrogens (primary N) is 1. The van der Waals surface area contributed by atoms with E-state index >= 15 is 0 Å². The maximum atomic E-state index is 5.41. The van der Waals surface area contributed by atoms with Crippen LogP contribution in [0.5, 0.6) is 0 Å². The molecule has 0 aliphatic carbocycles. The second kappa shape index (κ2) is 4.87. The van der Waals surface area contributed by atoms with Gasteiger partial charge in [0.2, 0.25) is 0 Å². The van der Waals surface area contributed by atoms with Crippen LogP contribution in [0, 0.1) is 0 Å². The van der Waals surface area contributed by atoms with E-state index in [2.05, 4.69) is 23.9 Å². The predicted octanol–water partition coefficient (Wildman–Crippen LogP) is 1.02. The van der Waals surface area contributed by atoms with Crippen molar-refractivity contribution in [2.24, 2.45) is 5.73 Å². The van der Waals surface area contributed by atoms with E-state index < -0.39 is 0 Å². The van der Waals surface area contributed by atoms with E-state index in [9.17, 15) is 0 Å². The third kappa shape index (κ3) is 2.45. The van der Waals surface area contributed by atoms with Gasteiger partial charge in [-0.15, -0.1) is 0 Å². The summed E-state index contributed by atoms with van der Waals surface area (Å²) in [5.74, 6) is 1.78. The molecule has 0 aliphatic heterocycles. The number of nitrogens with zero attached hydrogens (tertiary/aromatic N) is 2. The van der Waals surface area contributed by atoms with Gasteiger partial charge in [0.25, 0.3) is 0 Å². The zero-order valence-corrected chi connectivity index (χ0v) is 8.29. The van der Waals surface area contributed by atoms with E-state index in [1.807, 2.05) is 6.07 Å². The minimum atomic E-state index is 0.604. The molecule has 0 saturated heterocycles. The fraction of sp³-hybridized carbons (Fsp3) is 0.667. The Balaban J connectivity index is 2.66. The fourth-order valence-electron chi connectivity index (χ4n) is 1.26. The average molecular weight is 183 g/mol. The second-order valence-corrected chi connectivity index (χ2v) is 2.86. The first-order valence-electron chi connectivity index (χ1n) is 4.72. The minimum absolute atomic E-state index is 0.604.